The van der Waals surface area contributed by atoms with Crippen LogP contribution in [-0.2, 0) is 16.5 Å². The number of hydrogen-bond acceptors (Lipinski definition) is 1. The molecule has 0 saturated heterocycles. The maximum Gasteiger partial charge on any atom is 0.151 e. The highest BCUT2D eigenvalue weighted by Gasteiger charge is 2.06. The molecule has 0 radical (unpaired) electrons. The van der Waals surface area contributed by atoms with Crippen LogP contribution in [0, 0.1) is 6.92 Å². The van der Waals surface area contributed by atoms with E-state index in [4.69, 9.17) is 11.6 Å². The third-order valence-corrected chi connectivity index (χ3v) is 3.14. The standard InChI is InChI=1S/C11H12BrClO/c1-8-9(5-11(14)7-13)3-2-4-10(8)6-12/h2-4H,5-7H2,1H3. The molecule has 1 aromatic rings. The molecule has 0 bridgehead atoms. The highest BCUT2D eigenvalue weighted by atomic mass is 79.9. The molecule has 0 amide bonds. The molecule has 0 atom stereocenters. The SMILES string of the molecule is Cc1c(CBr)cccc1CC(=O)CCl. The fourth-order valence-electron chi connectivity index (χ4n) is 1.33. The van der Waals surface area contributed by atoms with Gasteiger partial charge >= 0.3 is 0 Å². The Bertz CT molecular complexity index is 336. The summed E-state index contributed by atoms with van der Waals surface area (Å²) in [4.78, 5) is 11.2. The summed E-state index contributed by atoms with van der Waals surface area (Å²) >= 11 is 8.88. The van der Waals surface area contributed by atoms with E-state index in [1.807, 2.05) is 19.1 Å². The Labute approximate surface area is 97.6 Å². The van der Waals surface area contributed by atoms with Gasteiger partial charge in [0.05, 0.1) is 5.88 Å². The highest BCUT2D eigenvalue weighted by Crippen LogP contribution is 2.17. The normalized spacial score (nSPS) is 10.2. The molecule has 1 aromatic carbocycles. The van der Waals surface area contributed by atoms with Crippen LogP contribution in [0.15, 0.2) is 18.2 Å². The summed E-state index contributed by atoms with van der Waals surface area (Å²) in [6.45, 7) is 2.04. The number of benzene rings is 1. The Hall–Kier alpha value is -0.340. The minimum atomic E-state index is 0.0708. The Balaban J connectivity index is 2.92. The van der Waals surface area contributed by atoms with E-state index >= 15 is 0 Å². The van der Waals surface area contributed by atoms with Gasteiger partial charge in [0.25, 0.3) is 0 Å². The fraction of sp³-hybridized carbons (Fsp3) is 0.364. The van der Waals surface area contributed by atoms with Crippen molar-refractivity contribution < 1.29 is 4.79 Å². The first-order valence-electron chi connectivity index (χ1n) is 4.40. The van der Waals surface area contributed by atoms with Crippen molar-refractivity contribution >= 4 is 33.3 Å². The average molecular weight is 276 g/mol. The van der Waals surface area contributed by atoms with Crippen molar-refractivity contribution in [3.05, 3.63) is 34.9 Å². The third-order valence-electron chi connectivity index (χ3n) is 2.24. The number of rotatable bonds is 4. The monoisotopic (exact) mass is 274 g/mol. The minimum absolute atomic E-state index is 0.0708. The Morgan fingerprint density at radius 3 is 2.64 bits per heavy atom. The number of carbonyl (C=O) groups is 1. The molecule has 0 aliphatic rings. The lowest BCUT2D eigenvalue weighted by molar-refractivity contribution is -0.116. The molecule has 1 rings (SSSR count). The van der Waals surface area contributed by atoms with Gasteiger partial charge in [-0.25, -0.2) is 0 Å². The van der Waals surface area contributed by atoms with Crippen LogP contribution in [0.4, 0.5) is 0 Å². The van der Waals surface area contributed by atoms with Crippen molar-refractivity contribution in [2.24, 2.45) is 0 Å². The van der Waals surface area contributed by atoms with Crippen molar-refractivity contribution in [2.75, 3.05) is 5.88 Å². The van der Waals surface area contributed by atoms with E-state index in [9.17, 15) is 4.79 Å². The summed E-state index contributed by atoms with van der Waals surface area (Å²) in [5, 5.41) is 0.821. The van der Waals surface area contributed by atoms with Crippen LogP contribution in [0.1, 0.15) is 16.7 Å². The van der Waals surface area contributed by atoms with Crippen molar-refractivity contribution in [2.45, 2.75) is 18.7 Å². The van der Waals surface area contributed by atoms with E-state index in [1.54, 1.807) is 0 Å². The quantitative estimate of drug-likeness (QED) is 0.771. The van der Waals surface area contributed by atoms with Gasteiger partial charge in [0, 0.05) is 11.8 Å². The largest absolute Gasteiger partial charge is 0.298 e. The Morgan fingerprint density at radius 1 is 1.43 bits per heavy atom. The van der Waals surface area contributed by atoms with Gasteiger partial charge in [0.15, 0.2) is 5.78 Å². The van der Waals surface area contributed by atoms with Crippen LogP contribution in [0.2, 0.25) is 0 Å². The summed E-state index contributed by atoms with van der Waals surface area (Å²) in [5.41, 5.74) is 3.49. The van der Waals surface area contributed by atoms with Gasteiger partial charge in [-0.3, -0.25) is 4.79 Å². The summed E-state index contributed by atoms with van der Waals surface area (Å²) in [6.07, 6.45) is 0.441. The smallest absolute Gasteiger partial charge is 0.151 e. The lowest BCUT2D eigenvalue weighted by Crippen LogP contribution is -2.06. The molecule has 0 spiro atoms. The molecule has 0 aliphatic heterocycles. The van der Waals surface area contributed by atoms with Crippen molar-refractivity contribution in [3.63, 3.8) is 0 Å². The summed E-state index contributed by atoms with van der Waals surface area (Å²) < 4.78 is 0. The van der Waals surface area contributed by atoms with Gasteiger partial charge in [0.2, 0.25) is 0 Å². The second-order valence-electron chi connectivity index (χ2n) is 3.18. The molecule has 0 fully saturated rings. The molecule has 0 aromatic heterocycles. The average Bonchev–Trinajstić information content (AvgIpc) is 2.21. The van der Waals surface area contributed by atoms with Crippen LogP contribution in [0.5, 0.6) is 0 Å². The van der Waals surface area contributed by atoms with Crippen molar-refractivity contribution in [3.8, 4) is 0 Å². The zero-order valence-corrected chi connectivity index (χ0v) is 10.4. The van der Waals surface area contributed by atoms with Gasteiger partial charge < -0.3 is 0 Å². The molecule has 0 saturated carbocycles. The van der Waals surface area contributed by atoms with E-state index in [0.29, 0.717) is 6.42 Å². The maximum atomic E-state index is 11.2. The van der Waals surface area contributed by atoms with E-state index < -0.39 is 0 Å². The first kappa shape index (κ1) is 11.7. The lowest BCUT2D eigenvalue weighted by Gasteiger charge is -2.07. The summed E-state index contributed by atoms with van der Waals surface area (Å²) in [7, 11) is 0. The fourth-order valence-corrected chi connectivity index (χ4v) is 2.03. The summed E-state index contributed by atoms with van der Waals surface area (Å²) in [6, 6.07) is 6.01. The second kappa shape index (κ2) is 5.52. The van der Waals surface area contributed by atoms with Gasteiger partial charge in [-0.1, -0.05) is 34.1 Å². The number of hydrogen-bond donors (Lipinski definition) is 0. The highest BCUT2D eigenvalue weighted by molar-refractivity contribution is 9.08. The lowest BCUT2D eigenvalue weighted by atomic mass is 10.00. The van der Waals surface area contributed by atoms with E-state index in [0.717, 1.165) is 10.9 Å². The molecule has 0 aliphatic carbocycles. The maximum absolute atomic E-state index is 11.2. The predicted molar refractivity (Wildman–Crippen MR) is 63.2 cm³/mol. The van der Waals surface area contributed by atoms with Gasteiger partial charge in [-0.2, -0.15) is 0 Å². The van der Waals surface area contributed by atoms with E-state index in [1.165, 1.54) is 11.1 Å². The number of carbonyl (C=O) groups excluding carboxylic acids is 1. The number of alkyl halides is 2. The zero-order chi connectivity index (χ0) is 10.6. The van der Waals surface area contributed by atoms with E-state index in [2.05, 4.69) is 22.0 Å². The van der Waals surface area contributed by atoms with Crippen molar-refractivity contribution in [1.82, 2.24) is 0 Å². The van der Waals surface area contributed by atoms with Crippen LogP contribution < -0.4 is 0 Å². The predicted octanol–water partition coefficient (Wildman–Crippen LogP) is 3.24. The Morgan fingerprint density at radius 2 is 2.07 bits per heavy atom. The number of ketones is 1. The van der Waals surface area contributed by atoms with Gasteiger partial charge in [-0.15, -0.1) is 11.6 Å². The number of Topliss-reactive ketones (excluding diaryl/α,β-unsaturated/α-hetero) is 1. The van der Waals surface area contributed by atoms with Crippen LogP contribution in [0.3, 0.4) is 0 Å². The molecule has 0 N–H and O–H groups in total. The van der Waals surface area contributed by atoms with E-state index in [-0.39, 0.29) is 11.7 Å². The number of halogens is 2. The molecule has 0 heterocycles. The third kappa shape index (κ3) is 2.82. The topological polar surface area (TPSA) is 17.1 Å². The minimum Gasteiger partial charge on any atom is -0.298 e. The molecular formula is C11H12BrClO. The summed E-state index contributed by atoms with van der Waals surface area (Å²) in [5.74, 6) is 0.166. The molecule has 14 heavy (non-hydrogen) atoms. The van der Waals surface area contributed by atoms with Crippen LogP contribution in [-0.4, -0.2) is 11.7 Å². The molecule has 3 heteroatoms. The zero-order valence-electron chi connectivity index (χ0n) is 8.02. The molecular weight excluding hydrogens is 263 g/mol. The van der Waals surface area contributed by atoms with Crippen molar-refractivity contribution in [1.29, 1.82) is 0 Å². The van der Waals surface area contributed by atoms with Crippen LogP contribution >= 0.6 is 27.5 Å². The first-order chi connectivity index (χ1) is 6.69. The van der Waals surface area contributed by atoms with Gasteiger partial charge in [-0.05, 0) is 23.6 Å². The molecule has 0 unspecified atom stereocenters. The Kier molecular flexibility index (Phi) is 4.63. The second-order valence-corrected chi connectivity index (χ2v) is 4.01. The van der Waals surface area contributed by atoms with Crippen LogP contribution in [0.25, 0.3) is 0 Å². The molecule has 1 nitrogen and oxygen atoms in total. The first-order valence-corrected chi connectivity index (χ1v) is 6.05. The molecule has 76 valence electrons. The van der Waals surface area contributed by atoms with Gasteiger partial charge in [0.1, 0.15) is 0 Å².